The Morgan fingerprint density at radius 3 is 2.33 bits per heavy atom. The molecular weight excluding hydrogens is 374 g/mol. The molecule has 0 aliphatic carbocycles. The third-order valence-corrected chi connectivity index (χ3v) is 4.99. The van der Waals surface area contributed by atoms with E-state index in [1.165, 1.54) is 55.6 Å². The lowest BCUT2D eigenvalue weighted by molar-refractivity contribution is -0.153. The monoisotopic (exact) mass is 395 g/mol. The molecule has 146 valence electrons. The van der Waals surface area contributed by atoms with Crippen LogP contribution in [0.2, 0.25) is 0 Å². The minimum Gasteiger partial charge on any atom is -0.464 e. The second-order valence-electron chi connectivity index (χ2n) is 5.77. The van der Waals surface area contributed by atoms with E-state index in [1.54, 1.807) is 6.92 Å². The lowest BCUT2D eigenvalue weighted by Crippen LogP contribution is -2.42. The van der Waals surface area contributed by atoms with Crippen LogP contribution in [0.15, 0.2) is 18.2 Å². The molecule has 1 fully saturated rings. The van der Waals surface area contributed by atoms with E-state index < -0.39 is 29.3 Å². The molecule has 0 radical (unpaired) electrons. The van der Waals surface area contributed by atoms with Crippen molar-refractivity contribution in [1.82, 2.24) is 4.90 Å². The molecule has 27 heavy (non-hydrogen) atoms. The number of thioether (sulfide) groups is 1. The summed E-state index contributed by atoms with van der Waals surface area (Å²) < 4.78 is 15.4. The molecule has 1 aliphatic rings. The Morgan fingerprint density at radius 2 is 1.78 bits per heavy atom. The van der Waals surface area contributed by atoms with Gasteiger partial charge in [0.25, 0.3) is 0 Å². The molecule has 1 amide bonds. The van der Waals surface area contributed by atoms with E-state index in [2.05, 4.69) is 0 Å². The molecule has 0 spiro atoms. The molecule has 1 aliphatic heterocycles. The van der Waals surface area contributed by atoms with Crippen molar-refractivity contribution in [3.63, 3.8) is 0 Å². The molecular formula is C18H21NO7S. The highest BCUT2D eigenvalue weighted by Gasteiger charge is 2.43. The van der Waals surface area contributed by atoms with Crippen molar-refractivity contribution < 1.29 is 33.4 Å². The Hall–Kier alpha value is -2.55. The number of ether oxygens (including phenoxy) is 3. The number of carbonyl (C=O) groups is 4. The fourth-order valence-corrected chi connectivity index (χ4v) is 4.23. The maximum atomic E-state index is 12.3. The van der Waals surface area contributed by atoms with Gasteiger partial charge in [0, 0.05) is 32.1 Å². The highest BCUT2D eigenvalue weighted by atomic mass is 32.2. The van der Waals surface area contributed by atoms with Gasteiger partial charge in [0.1, 0.15) is 22.9 Å². The van der Waals surface area contributed by atoms with Gasteiger partial charge in [-0.3, -0.25) is 14.4 Å². The van der Waals surface area contributed by atoms with Gasteiger partial charge in [0.2, 0.25) is 5.91 Å². The van der Waals surface area contributed by atoms with Crippen LogP contribution in [0, 0.1) is 0 Å². The van der Waals surface area contributed by atoms with Gasteiger partial charge >= 0.3 is 17.9 Å². The number of esters is 3. The van der Waals surface area contributed by atoms with Gasteiger partial charge in [0.15, 0.2) is 0 Å². The second-order valence-corrected chi connectivity index (χ2v) is 6.88. The van der Waals surface area contributed by atoms with E-state index in [9.17, 15) is 19.2 Å². The fourth-order valence-electron chi connectivity index (χ4n) is 2.75. The SMILES string of the molecule is CCOC(=O)C1CSC(c2cc(OC(C)=O)ccc2OC(C)=O)N1C(C)=O. The second kappa shape index (κ2) is 8.90. The lowest BCUT2D eigenvalue weighted by Gasteiger charge is -2.28. The van der Waals surface area contributed by atoms with Crippen LogP contribution < -0.4 is 9.47 Å². The van der Waals surface area contributed by atoms with Gasteiger partial charge in [0.05, 0.1) is 6.61 Å². The molecule has 0 bridgehead atoms. The van der Waals surface area contributed by atoms with Crippen LogP contribution in [0.5, 0.6) is 11.5 Å². The Kier molecular flexibility index (Phi) is 6.84. The van der Waals surface area contributed by atoms with Crippen LogP contribution in [0.3, 0.4) is 0 Å². The van der Waals surface area contributed by atoms with Gasteiger partial charge < -0.3 is 19.1 Å². The van der Waals surface area contributed by atoms with Crippen LogP contribution in [0.4, 0.5) is 0 Å². The third-order valence-electron chi connectivity index (χ3n) is 3.69. The maximum Gasteiger partial charge on any atom is 0.329 e. The first-order chi connectivity index (χ1) is 12.7. The van der Waals surface area contributed by atoms with E-state index in [1.807, 2.05) is 0 Å². The largest absolute Gasteiger partial charge is 0.464 e. The summed E-state index contributed by atoms with van der Waals surface area (Å²) in [6, 6.07) is 3.76. The van der Waals surface area contributed by atoms with Crippen molar-refractivity contribution in [1.29, 1.82) is 0 Å². The molecule has 1 saturated heterocycles. The maximum absolute atomic E-state index is 12.3. The number of nitrogens with zero attached hydrogens (tertiary/aromatic N) is 1. The zero-order valence-corrected chi connectivity index (χ0v) is 16.3. The number of rotatable bonds is 5. The summed E-state index contributed by atoms with van der Waals surface area (Å²) in [6.07, 6.45) is 0. The summed E-state index contributed by atoms with van der Waals surface area (Å²) in [7, 11) is 0. The fraction of sp³-hybridized carbons (Fsp3) is 0.444. The Morgan fingerprint density at radius 1 is 1.11 bits per heavy atom. The van der Waals surface area contributed by atoms with Crippen LogP contribution in [0.1, 0.15) is 38.6 Å². The standard InChI is InChI=1S/C18H21NO7S/c1-5-24-18(23)15-9-27-17(19(15)10(2)20)14-8-13(25-11(3)21)6-7-16(14)26-12(4)22/h6-8,15,17H,5,9H2,1-4H3. The van der Waals surface area contributed by atoms with Crippen molar-refractivity contribution in [3.05, 3.63) is 23.8 Å². The van der Waals surface area contributed by atoms with Crippen molar-refractivity contribution in [2.45, 2.75) is 39.1 Å². The van der Waals surface area contributed by atoms with Gasteiger partial charge in [-0.1, -0.05) is 0 Å². The van der Waals surface area contributed by atoms with Crippen molar-refractivity contribution in [3.8, 4) is 11.5 Å². The molecule has 2 atom stereocenters. The molecule has 2 unspecified atom stereocenters. The van der Waals surface area contributed by atoms with Crippen molar-refractivity contribution >= 4 is 35.6 Å². The molecule has 1 aromatic rings. The number of carbonyl (C=O) groups excluding carboxylic acids is 4. The summed E-state index contributed by atoms with van der Waals surface area (Å²) in [4.78, 5) is 48.6. The molecule has 0 saturated carbocycles. The van der Waals surface area contributed by atoms with E-state index >= 15 is 0 Å². The number of amides is 1. The van der Waals surface area contributed by atoms with E-state index in [-0.39, 0.29) is 24.0 Å². The first kappa shape index (κ1) is 20.8. The predicted octanol–water partition coefficient (Wildman–Crippen LogP) is 2.06. The van der Waals surface area contributed by atoms with Gasteiger partial charge in [-0.15, -0.1) is 11.8 Å². The third kappa shape index (κ3) is 5.00. The highest BCUT2D eigenvalue weighted by molar-refractivity contribution is 7.99. The van der Waals surface area contributed by atoms with Crippen LogP contribution in [-0.2, 0) is 23.9 Å². The van der Waals surface area contributed by atoms with Gasteiger partial charge in [-0.2, -0.15) is 0 Å². The Balaban J connectivity index is 2.45. The summed E-state index contributed by atoms with van der Waals surface area (Å²) in [5.41, 5.74) is 0.455. The summed E-state index contributed by atoms with van der Waals surface area (Å²) >= 11 is 1.34. The molecule has 0 aromatic heterocycles. The average Bonchev–Trinajstić information content (AvgIpc) is 3.00. The summed E-state index contributed by atoms with van der Waals surface area (Å²) in [6.45, 7) is 5.78. The molecule has 8 nitrogen and oxygen atoms in total. The minimum absolute atomic E-state index is 0.205. The topological polar surface area (TPSA) is 99.2 Å². The number of benzene rings is 1. The van der Waals surface area contributed by atoms with E-state index in [0.29, 0.717) is 11.3 Å². The molecule has 2 rings (SSSR count). The van der Waals surface area contributed by atoms with E-state index in [0.717, 1.165) is 0 Å². The molecule has 1 aromatic carbocycles. The molecule has 0 N–H and O–H groups in total. The minimum atomic E-state index is -0.750. The predicted molar refractivity (Wildman–Crippen MR) is 97.2 cm³/mol. The van der Waals surface area contributed by atoms with E-state index in [4.69, 9.17) is 14.2 Å². The van der Waals surface area contributed by atoms with Crippen LogP contribution in [0.25, 0.3) is 0 Å². The highest BCUT2D eigenvalue weighted by Crippen LogP contribution is 2.46. The molecule has 9 heteroatoms. The van der Waals surface area contributed by atoms with Crippen LogP contribution in [-0.4, -0.2) is 47.1 Å². The smallest absolute Gasteiger partial charge is 0.329 e. The average molecular weight is 395 g/mol. The zero-order chi connectivity index (χ0) is 20.1. The first-order valence-electron chi connectivity index (χ1n) is 8.32. The summed E-state index contributed by atoms with van der Waals surface area (Å²) in [5.74, 6) is -1.05. The Bertz CT molecular complexity index is 764. The zero-order valence-electron chi connectivity index (χ0n) is 15.5. The van der Waals surface area contributed by atoms with Crippen molar-refractivity contribution in [2.75, 3.05) is 12.4 Å². The molecule has 1 heterocycles. The van der Waals surface area contributed by atoms with Crippen molar-refractivity contribution in [2.24, 2.45) is 0 Å². The quantitative estimate of drug-likeness (QED) is 0.552. The van der Waals surface area contributed by atoms with Crippen LogP contribution >= 0.6 is 11.8 Å². The number of hydrogen-bond donors (Lipinski definition) is 0. The van der Waals surface area contributed by atoms with Gasteiger partial charge in [-0.05, 0) is 25.1 Å². The number of hydrogen-bond acceptors (Lipinski definition) is 8. The first-order valence-corrected chi connectivity index (χ1v) is 9.37. The lowest BCUT2D eigenvalue weighted by atomic mass is 10.1. The summed E-state index contributed by atoms with van der Waals surface area (Å²) in [5, 5.41) is -0.596. The normalized spacial score (nSPS) is 18.7. The Labute approximate surface area is 161 Å². The van der Waals surface area contributed by atoms with Gasteiger partial charge in [-0.25, -0.2) is 4.79 Å².